The van der Waals surface area contributed by atoms with Crippen LogP contribution in [0.5, 0.6) is 0 Å². The van der Waals surface area contributed by atoms with Gasteiger partial charge < -0.3 is 49.3 Å². The highest BCUT2D eigenvalue weighted by Gasteiger charge is 2.56. The number of rotatable bonds is 43. The standard InChI is InChI=1S/C47H87O19P3/c1-3-5-7-9-11-13-15-17-18-19-20-21-22-24-26-28-30-32-34-36-41(49)63-39(37-61-40(48)35-33-31-29-27-25-23-16-14-12-10-8-6-4-2)38-62-69(59,60)66-45-42(50)43(51)46(64-67(53,54)55)47(44(45)52)65-68(56,57)58/h11,13,17-18,20-21,39,42-47,50-52H,3-10,12,14-16,19,22-38H2,1-2H3,(H,59,60)(H2,53,54,55)(H2,56,57,58)/b13-11-,18-17-,21-20-/t39-,42?,43?,44?,45+,46?,47+/m1/s1. The van der Waals surface area contributed by atoms with Crippen LogP contribution in [-0.4, -0.2) is 108 Å². The van der Waals surface area contributed by atoms with Gasteiger partial charge in [0.25, 0.3) is 0 Å². The summed E-state index contributed by atoms with van der Waals surface area (Å²) in [7, 11) is -16.6. The lowest BCUT2D eigenvalue weighted by molar-refractivity contribution is -0.213. The van der Waals surface area contributed by atoms with Gasteiger partial charge in [-0.05, 0) is 51.4 Å². The number of allylic oxidation sites excluding steroid dienone is 6. The number of carbonyl (C=O) groups excluding carboxylic acids is 2. The molecule has 69 heavy (non-hydrogen) atoms. The molecule has 0 spiro atoms. The summed E-state index contributed by atoms with van der Waals surface area (Å²) in [6.07, 6.45) is 24.3. The molecule has 0 saturated heterocycles. The van der Waals surface area contributed by atoms with E-state index in [1.54, 1.807) is 0 Å². The van der Waals surface area contributed by atoms with E-state index in [1.807, 2.05) is 0 Å². The second-order valence-corrected chi connectivity index (χ2v) is 21.5. The third-order valence-electron chi connectivity index (χ3n) is 11.4. The molecule has 0 aliphatic heterocycles. The molecule has 0 bridgehead atoms. The van der Waals surface area contributed by atoms with Crippen LogP contribution in [0, 0.1) is 0 Å². The van der Waals surface area contributed by atoms with E-state index in [9.17, 15) is 63.1 Å². The molecule has 1 aliphatic rings. The molecule has 0 aromatic rings. The quantitative estimate of drug-likeness (QED) is 0.0122. The molecule has 19 nitrogen and oxygen atoms in total. The highest BCUT2D eigenvalue weighted by Crippen LogP contribution is 2.51. The van der Waals surface area contributed by atoms with E-state index in [0.29, 0.717) is 12.8 Å². The van der Waals surface area contributed by atoms with Crippen molar-refractivity contribution in [3.8, 4) is 0 Å². The Kier molecular flexibility index (Phi) is 36.9. The van der Waals surface area contributed by atoms with Crippen molar-refractivity contribution < 1.29 is 90.6 Å². The topological polar surface area (TPSA) is 303 Å². The van der Waals surface area contributed by atoms with E-state index >= 15 is 0 Å². The Balaban J connectivity index is 2.70. The van der Waals surface area contributed by atoms with E-state index < -0.39 is 91.3 Å². The van der Waals surface area contributed by atoms with Gasteiger partial charge >= 0.3 is 35.4 Å². The molecule has 0 amide bonds. The van der Waals surface area contributed by atoms with Gasteiger partial charge in [0.15, 0.2) is 6.10 Å². The van der Waals surface area contributed by atoms with Crippen molar-refractivity contribution >= 4 is 35.4 Å². The SMILES string of the molecule is CCCCC/C=C\C/C=C\C/C=C\CCCCCCCCC(=O)O[C@H](COC(=O)CCCCCCCCCCCCCCC)COP(=O)(O)O[C@H]1C(O)C(O)C(OP(=O)(O)O)[C@@H](OP(=O)(O)O)C1O. The molecule has 8 atom stereocenters. The van der Waals surface area contributed by atoms with E-state index in [2.05, 4.69) is 59.4 Å². The second-order valence-electron chi connectivity index (χ2n) is 17.8. The molecule has 0 heterocycles. The van der Waals surface area contributed by atoms with Crippen LogP contribution in [0.4, 0.5) is 0 Å². The molecule has 1 aliphatic carbocycles. The Morgan fingerprint density at radius 1 is 0.464 bits per heavy atom. The summed E-state index contributed by atoms with van der Waals surface area (Å²) in [4.78, 5) is 73.3. The third-order valence-corrected chi connectivity index (χ3v) is 13.5. The number of phosphoric ester groups is 3. The molecule has 5 unspecified atom stereocenters. The Morgan fingerprint density at radius 3 is 1.32 bits per heavy atom. The maximum absolute atomic E-state index is 13.1. The van der Waals surface area contributed by atoms with Gasteiger partial charge in [-0.15, -0.1) is 0 Å². The lowest BCUT2D eigenvalue weighted by Crippen LogP contribution is -2.65. The van der Waals surface area contributed by atoms with E-state index in [4.69, 9.17) is 18.5 Å². The summed E-state index contributed by atoms with van der Waals surface area (Å²) < 4.78 is 65.6. The highest BCUT2D eigenvalue weighted by molar-refractivity contribution is 7.47. The number of esters is 2. The zero-order chi connectivity index (χ0) is 51.4. The summed E-state index contributed by atoms with van der Waals surface area (Å²) in [6.45, 7) is 2.92. The zero-order valence-electron chi connectivity index (χ0n) is 41.1. The van der Waals surface area contributed by atoms with Crippen LogP contribution >= 0.6 is 23.5 Å². The molecular formula is C47H87O19P3. The molecule has 0 aromatic heterocycles. The summed E-state index contributed by atoms with van der Waals surface area (Å²) in [5, 5.41) is 31.9. The first-order valence-corrected chi connectivity index (χ1v) is 29.8. The monoisotopic (exact) mass is 1050 g/mol. The maximum Gasteiger partial charge on any atom is 0.472 e. The van der Waals surface area contributed by atoms with Crippen LogP contribution < -0.4 is 0 Å². The van der Waals surface area contributed by atoms with Crippen LogP contribution in [-0.2, 0) is 50.9 Å². The summed E-state index contributed by atoms with van der Waals surface area (Å²) in [5.74, 6) is -1.31. The first-order chi connectivity index (χ1) is 32.8. The molecule has 0 radical (unpaired) electrons. The first kappa shape index (κ1) is 65.4. The Labute approximate surface area is 410 Å². The van der Waals surface area contributed by atoms with Gasteiger partial charge in [-0.25, -0.2) is 13.7 Å². The fourth-order valence-corrected chi connectivity index (χ4v) is 9.75. The zero-order valence-corrected chi connectivity index (χ0v) is 43.8. The average molecular weight is 1050 g/mol. The second kappa shape index (κ2) is 38.9. The minimum atomic E-state index is -5.60. The molecular weight excluding hydrogens is 961 g/mol. The molecule has 8 N–H and O–H groups in total. The Morgan fingerprint density at radius 2 is 0.841 bits per heavy atom. The number of aliphatic hydroxyl groups excluding tert-OH is 3. The molecule has 1 saturated carbocycles. The van der Waals surface area contributed by atoms with Crippen molar-refractivity contribution in [2.45, 2.75) is 236 Å². The molecule has 404 valence electrons. The van der Waals surface area contributed by atoms with Crippen LogP contribution in [0.15, 0.2) is 36.5 Å². The number of hydrogen-bond acceptors (Lipinski definition) is 14. The number of hydrogen-bond donors (Lipinski definition) is 8. The van der Waals surface area contributed by atoms with Gasteiger partial charge in [0.2, 0.25) is 0 Å². The normalized spacial score (nSPS) is 21.6. The van der Waals surface area contributed by atoms with Gasteiger partial charge in [0.1, 0.15) is 43.2 Å². The smallest absolute Gasteiger partial charge is 0.462 e. The van der Waals surface area contributed by atoms with Gasteiger partial charge in [-0.2, -0.15) is 0 Å². The van der Waals surface area contributed by atoms with Crippen molar-refractivity contribution in [2.75, 3.05) is 13.2 Å². The van der Waals surface area contributed by atoms with Crippen LogP contribution in [0.1, 0.15) is 194 Å². The first-order valence-electron chi connectivity index (χ1n) is 25.3. The Hall–Kier alpha value is -1.63. The molecule has 0 aromatic carbocycles. The van der Waals surface area contributed by atoms with Gasteiger partial charge in [0.05, 0.1) is 6.61 Å². The number of unbranched alkanes of at least 4 members (excludes halogenated alkanes) is 21. The predicted molar refractivity (Wildman–Crippen MR) is 261 cm³/mol. The minimum Gasteiger partial charge on any atom is -0.462 e. The molecule has 22 heteroatoms. The predicted octanol–water partition coefficient (Wildman–Crippen LogP) is 9.63. The fraction of sp³-hybridized carbons (Fsp3) is 0.830. The number of aliphatic hydroxyl groups is 3. The molecule has 1 rings (SSSR count). The average Bonchev–Trinajstić information content (AvgIpc) is 3.28. The van der Waals surface area contributed by atoms with Crippen molar-refractivity contribution in [2.24, 2.45) is 0 Å². The maximum atomic E-state index is 13.1. The van der Waals surface area contributed by atoms with Crippen LogP contribution in [0.25, 0.3) is 0 Å². The summed E-state index contributed by atoms with van der Waals surface area (Å²) >= 11 is 0. The van der Waals surface area contributed by atoms with E-state index in [1.165, 1.54) is 70.6 Å². The van der Waals surface area contributed by atoms with Crippen LogP contribution in [0.3, 0.4) is 0 Å². The number of phosphoric acid groups is 3. The van der Waals surface area contributed by atoms with Gasteiger partial charge in [0, 0.05) is 12.8 Å². The largest absolute Gasteiger partial charge is 0.472 e. The van der Waals surface area contributed by atoms with Crippen molar-refractivity contribution in [1.82, 2.24) is 0 Å². The summed E-state index contributed by atoms with van der Waals surface area (Å²) in [6, 6.07) is 0. The lowest BCUT2D eigenvalue weighted by atomic mass is 9.85. The van der Waals surface area contributed by atoms with Crippen molar-refractivity contribution in [1.29, 1.82) is 0 Å². The number of ether oxygens (including phenoxy) is 2. The minimum absolute atomic E-state index is 0.0151. The van der Waals surface area contributed by atoms with Crippen LogP contribution in [0.2, 0.25) is 0 Å². The van der Waals surface area contributed by atoms with Crippen molar-refractivity contribution in [3.63, 3.8) is 0 Å². The van der Waals surface area contributed by atoms with Gasteiger partial charge in [-0.3, -0.25) is 27.7 Å². The molecule has 1 fully saturated rings. The van der Waals surface area contributed by atoms with Crippen molar-refractivity contribution in [3.05, 3.63) is 36.5 Å². The number of carbonyl (C=O) groups is 2. The van der Waals surface area contributed by atoms with E-state index in [-0.39, 0.29) is 12.8 Å². The third kappa shape index (κ3) is 35.2. The Bertz CT molecular complexity index is 1580. The van der Waals surface area contributed by atoms with Gasteiger partial charge in [-0.1, -0.05) is 166 Å². The fourth-order valence-electron chi connectivity index (χ4n) is 7.65. The highest BCUT2D eigenvalue weighted by atomic mass is 31.2. The lowest BCUT2D eigenvalue weighted by Gasteiger charge is -2.44. The van der Waals surface area contributed by atoms with E-state index in [0.717, 1.165) is 83.5 Å². The summed E-state index contributed by atoms with van der Waals surface area (Å²) in [5.41, 5.74) is 0.